The maximum absolute atomic E-state index is 11.1. The van der Waals surface area contributed by atoms with Crippen molar-refractivity contribution in [1.82, 2.24) is 0 Å². The fourth-order valence-electron chi connectivity index (χ4n) is 1.68. The summed E-state index contributed by atoms with van der Waals surface area (Å²) in [6, 6.07) is 2.14. The van der Waals surface area contributed by atoms with Crippen molar-refractivity contribution < 1.29 is 29.0 Å². The summed E-state index contributed by atoms with van der Waals surface area (Å²) in [6.45, 7) is 2.24. The molecule has 1 unspecified atom stereocenters. The highest BCUT2D eigenvalue weighted by molar-refractivity contribution is 5.93. The zero-order valence-corrected chi connectivity index (χ0v) is 12.0. The zero-order chi connectivity index (χ0) is 16.0. The van der Waals surface area contributed by atoms with Gasteiger partial charge in [0, 0.05) is 26.2 Å². The lowest BCUT2D eigenvalue weighted by Crippen LogP contribution is -2.15. The van der Waals surface area contributed by atoms with E-state index in [4.69, 9.17) is 19.3 Å². The van der Waals surface area contributed by atoms with Crippen molar-refractivity contribution in [2.24, 2.45) is 0 Å². The number of carboxylic acids is 1. The average Bonchev–Trinajstić information content (AvgIpc) is 2.44. The number of hydrogen-bond acceptors (Lipinski definition) is 6. The highest BCUT2D eigenvalue weighted by atomic mass is 16.6. The first kappa shape index (κ1) is 16.7. The number of aromatic carboxylic acids is 1. The first-order valence-corrected chi connectivity index (χ1v) is 6.16. The van der Waals surface area contributed by atoms with E-state index in [0.717, 1.165) is 12.1 Å². The fourth-order valence-corrected chi connectivity index (χ4v) is 1.68. The van der Waals surface area contributed by atoms with Crippen molar-refractivity contribution in [3.8, 4) is 11.5 Å². The lowest BCUT2D eigenvalue weighted by Gasteiger charge is -2.17. The van der Waals surface area contributed by atoms with E-state index in [2.05, 4.69) is 0 Å². The number of carbonyl (C=O) groups is 1. The maximum atomic E-state index is 11.1. The topological polar surface area (TPSA) is 108 Å². The van der Waals surface area contributed by atoms with Crippen LogP contribution in [0.4, 0.5) is 5.69 Å². The smallest absolute Gasteiger partial charge is 0.342 e. The van der Waals surface area contributed by atoms with Gasteiger partial charge in [-0.3, -0.25) is 10.1 Å². The average molecular weight is 299 g/mol. The third kappa shape index (κ3) is 4.32. The Morgan fingerprint density at radius 2 is 2.05 bits per heavy atom. The Kier molecular flexibility index (Phi) is 5.92. The molecular weight excluding hydrogens is 282 g/mol. The normalized spacial score (nSPS) is 11.8. The van der Waals surface area contributed by atoms with Gasteiger partial charge in [0.25, 0.3) is 5.69 Å². The number of rotatable bonds is 8. The first-order valence-electron chi connectivity index (χ1n) is 6.16. The van der Waals surface area contributed by atoms with Gasteiger partial charge in [-0.05, 0) is 6.92 Å². The number of carboxylic acid groups (broad SMARTS) is 1. The summed E-state index contributed by atoms with van der Waals surface area (Å²) in [4.78, 5) is 21.2. The Labute approximate surface area is 121 Å². The van der Waals surface area contributed by atoms with Crippen LogP contribution in [0.1, 0.15) is 23.7 Å². The molecule has 0 spiro atoms. The molecule has 1 aromatic rings. The van der Waals surface area contributed by atoms with Gasteiger partial charge in [-0.15, -0.1) is 0 Å². The Morgan fingerprint density at radius 3 is 2.52 bits per heavy atom. The standard InChI is InChI=1S/C13H17NO7/c1-8(4-5-19-2)21-12-7-10(14(17)18)9(13(15)16)6-11(12)20-3/h6-8H,4-5H2,1-3H3,(H,15,16). The number of nitro benzene ring substituents is 1. The van der Waals surface area contributed by atoms with Crippen LogP contribution in [-0.4, -0.2) is 42.9 Å². The molecule has 8 heteroatoms. The van der Waals surface area contributed by atoms with Crippen LogP contribution in [0.5, 0.6) is 11.5 Å². The van der Waals surface area contributed by atoms with Crippen molar-refractivity contribution >= 4 is 11.7 Å². The van der Waals surface area contributed by atoms with Gasteiger partial charge in [0.05, 0.1) is 24.2 Å². The molecular formula is C13H17NO7. The van der Waals surface area contributed by atoms with E-state index in [9.17, 15) is 14.9 Å². The Hall–Kier alpha value is -2.35. The lowest BCUT2D eigenvalue weighted by atomic mass is 10.1. The van der Waals surface area contributed by atoms with E-state index in [1.807, 2.05) is 0 Å². The maximum Gasteiger partial charge on any atom is 0.342 e. The van der Waals surface area contributed by atoms with E-state index in [1.165, 1.54) is 7.11 Å². The summed E-state index contributed by atoms with van der Waals surface area (Å²) in [5.41, 5.74) is -0.994. The summed E-state index contributed by atoms with van der Waals surface area (Å²) in [5, 5.41) is 20.0. The fraction of sp³-hybridized carbons (Fsp3) is 0.462. The predicted octanol–water partition coefficient (Wildman–Crippen LogP) is 2.11. The molecule has 0 heterocycles. The minimum absolute atomic E-state index is 0.123. The molecule has 0 amide bonds. The molecule has 116 valence electrons. The summed E-state index contributed by atoms with van der Waals surface area (Å²) in [7, 11) is 2.89. The number of methoxy groups -OCH3 is 2. The Balaban J connectivity index is 3.16. The van der Waals surface area contributed by atoms with Crippen molar-refractivity contribution in [2.75, 3.05) is 20.8 Å². The lowest BCUT2D eigenvalue weighted by molar-refractivity contribution is -0.385. The Morgan fingerprint density at radius 1 is 1.38 bits per heavy atom. The van der Waals surface area contributed by atoms with Gasteiger partial charge in [-0.2, -0.15) is 0 Å². The van der Waals surface area contributed by atoms with E-state index >= 15 is 0 Å². The van der Waals surface area contributed by atoms with Gasteiger partial charge >= 0.3 is 5.97 Å². The van der Waals surface area contributed by atoms with Crippen LogP contribution in [0.25, 0.3) is 0 Å². The molecule has 1 rings (SSSR count). The molecule has 8 nitrogen and oxygen atoms in total. The molecule has 1 aromatic carbocycles. The largest absolute Gasteiger partial charge is 0.493 e. The van der Waals surface area contributed by atoms with Crippen LogP contribution >= 0.6 is 0 Å². The zero-order valence-electron chi connectivity index (χ0n) is 12.0. The predicted molar refractivity (Wildman–Crippen MR) is 73.2 cm³/mol. The third-order valence-corrected chi connectivity index (χ3v) is 2.77. The summed E-state index contributed by atoms with van der Waals surface area (Å²) < 4.78 is 15.5. The van der Waals surface area contributed by atoms with Crippen LogP contribution in [0.15, 0.2) is 12.1 Å². The van der Waals surface area contributed by atoms with E-state index in [1.54, 1.807) is 14.0 Å². The molecule has 0 saturated heterocycles. The summed E-state index contributed by atoms with van der Waals surface area (Å²) in [6.07, 6.45) is 0.308. The molecule has 0 radical (unpaired) electrons. The molecule has 0 aromatic heterocycles. The summed E-state index contributed by atoms with van der Waals surface area (Å²) in [5.74, 6) is -1.15. The van der Waals surface area contributed by atoms with E-state index in [0.29, 0.717) is 13.0 Å². The first-order chi connectivity index (χ1) is 9.90. The number of nitro groups is 1. The highest BCUT2D eigenvalue weighted by Crippen LogP contribution is 2.35. The quantitative estimate of drug-likeness (QED) is 0.578. The molecule has 0 fully saturated rings. The van der Waals surface area contributed by atoms with Gasteiger partial charge in [0.2, 0.25) is 0 Å². The number of ether oxygens (including phenoxy) is 3. The SMILES string of the molecule is COCCC(C)Oc1cc([N+](=O)[O-])c(C(=O)O)cc1OC. The molecule has 21 heavy (non-hydrogen) atoms. The monoisotopic (exact) mass is 299 g/mol. The second kappa shape index (κ2) is 7.44. The molecule has 0 aliphatic carbocycles. The minimum Gasteiger partial charge on any atom is -0.493 e. The number of benzene rings is 1. The van der Waals surface area contributed by atoms with Crippen LogP contribution in [0.2, 0.25) is 0 Å². The van der Waals surface area contributed by atoms with Gasteiger partial charge in [0.1, 0.15) is 5.56 Å². The molecule has 1 atom stereocenters. The Bertz CT molecular complexity index is 529. The van der Waals surface area contributed by atoms with E-state index < -0.39 is 22.1 Å². The second-order valence-corrected chi connectivity index (χ2v) is 4.29. The van der Waals surface area contributed by atoms with Crippen molar-refractivity contribution in [1.29, 1.82) is 0 Å². The second-order valence-electron chi connectivity index (χ2n) is 4.29. The van der Waals surface area contributed by atoms with Crippen LogP contribution in [-0.2, 0) is 4.74 Å². The van der Waals surface area contributed by atoms with Crippen molar-refractivity contribution in [3.05, 3.63) is 27.8 Å². The molecule has 0 aliphatic heterocycles. The van der Waals surface area contributed by atoms with Gasteiger partial charge in [-0.25, -0.2) is 4.79 Å². The van der Waals surface area contributed by atoms with Crippen molar-refractivity contribution in [2.45, 2.75) is 19.4 Å². The number of nitrogens with zero attached hydrogens (tertiary/aromatic N) is 1. The minimum atomic E-state index is -1.40. The molecule has 0 saturated carbocycles. The van der Waals surface area contributed by atoms with Crippen LogP contribution < -0.4 is 9.47 Å². The van der Waals surface area contributed by atoms with Crippen LogP contribution in [0.3, 0.4) is 0 Å². The van der Waals surface area contributed by atoms with Gasteiger partial charge in [0.15, 0.2) is 11.5 Å². The number of hydrogen-bond donors (Lipinski definition) is 1. The molecule has 0 aliphatic rings. The van der Waals surface area contributed by atoms with Gasteiger partial charge in [-0.1, -0.05) is 0 Å². The molecule has 1 N–H and O–H groups in total. The summed E-state index contributed by atoms with van der Waals surface area (Å²) >= 11 is 0. The van der Waals surface area contributed by atoms with Crippen LogP contribution in [0, 0.1) is 10.1 Å². The third-order valence-electron chi connectivity index (χ3n) is 2.77. The van der Waals surface area contributed by atoms with Gasteiger partial charge < -0.3 is 19.3 Å². The van der Waals surface area contributed by atoms with Crippen molar-refractivity contribution in [3.63, 3.8) is 0 Å². The molecule has 0 bridgehead atoms. The van der Waals surface area contributed by atoms with E-state index in [-0.39, 0.29) is 17.6 Å². The highest BCUT2D eigenvalue weighted by Gasteiger charge is 2.25.